The Hall–Kier alpha value is -2.80. The van der Waals surface area contributed by atoms with Gasteiger partial charge in [-0.1, -0.05) is 18.2 Å². The lowest BCUT2D eigenvalue weighted by Gasteiger charge is -2.13. The smallest absolute Gasteiger partial charge is 0.412 e. The molecule has 12 heteroatoms. The fraction of sp³-hybridized carbons (Fsp3) is 0.353. The number of rotatable bonds is 7. The Balaban J connectivity index is 1.52. The number of carbonyl (C=O) groups excluding carboxylic acids is 1. The lowest BCUT2D eigenvalue weighted by atomic mass is 10.4. The molecule has 1 saturated heterocycles. The van der Waals surface area contributed by atoms with Gasteiger partial charge in [0, 0.05) is 6.20 Å². The SMILES string of the molecule is O=C(Nc1ccn(C2COC(CO)O2)c(=O)n1)OCCS(=O)(=O)c1ccccc1. The van der Waals surface area contributed by atoms with Crippen molar-refractivity contribution in [3.8, 4) is 0 Å². The molecule has 1 amide bonds. The number of hydrogen-bond donors (Lipinski definition) is 2. The molecule has 2 unspecified atom stereocenters. The monoisotopic (exact) mass is 425 g/mol. The standard InChI is InChI=1S/C17H19N3O8S/c21-10-15-27-11-14(28-15)20-7-6-13(18-16(20)22)19-17(23)26-8-9-29(24,25)12-4-2-1-3-5-12/h1-7,14-15,21H,8-11H2,(H,18,19,22,23). The fourth-order valence-corrected chi connectivity index (χ4v) is 3.63. The molecule has 156 valence electrons. The molecule has 1 aromatic carbocycles. The van der Waals surface area contributed by atoms with E-state index in [-0.39, 0.29) is 36.3 Å². The van der Waals surface area contributed by atoms with Crippen molar-refractivity contribution in [1.29, 1.82) is 0 Å². The third-order valence-electron chi connectivity index (χ3n) is 3.94. The van der Waals surface area contributed by atoms with Crippen molar-refractivity contribution < 1.29 is 32.5 Å². The van der Waals surface area contributed by atoms with Gasteiger partial charge in [0.2, 0.25) is 0 Å². The second kappa shape index (κ2) is 9.13. The predicted octanol–water partition coefficient (Wildman–Crippen LogP) is 0.130. The van der Waals surface area contributed by atoms with E-state index in [0.29, 0.717) is 0 Å². The van der Waals surface area contributed by atoms with Crippen LogP contribution in [-0.2, 0) is 24.0 Å². The first kappa shape index (κ1) is 20.9. The Morgan fingerprint density at radius 1 is 1.31 bits per heavy atom. The van der Waals surface area contributed by atoms with Crippen LogP contribution in [0, 0.1) is 0 Å². The molecule has 0 saturated carbocycles. The van der Waals surface area contributed by atoms with Crippen LogP contribution >= 0.6 is 0 Å². The summed E-state index contributed by atoms with van der Waals surface area (Å²) in [6, 6.07) is 9.15. The van der Waals surface area contributed by atoms with E-state index in [2.05, 4.69) is 10.3 Å². The maximum absolute atomic E-state index is 12.1. The number of nitrogens with zero attached hydrogens (tertiary/aromatic N) is 2. The largest absolute Gasteiger partial charge is 0.448 e. The van der Waals surface area contributed by atoms with Crippen LogP contribution in [0.25, 0.3) is 0 Å². The summed E-state index contributed by atoms with van der Waals surface area (Å²) >= 11 is 0. The van der Waals surface area contributed by atoms with Crippen LogP contribution in [0.15, 0.2) is 52.3 Å². The first-order valence-electron chi connectivity index (χ1n) is 8.58. The van der Waals surface area contributed by atoms with Crippen LogP contribution in [0.4, 0.5) is 10.6 Å². The average Bonchev–Trinajstić information content (AvgIpc) is 3.17. The number of benzene rings is 1. The maximum atomic E-state index is 12.1. The number of amides is 1. The highest BCUT2D eigenvalue weighted by atomic mass is 32.2. The molecule has 3 rings (SSSR count). The molecule has 0 spiro atoms. The number of aliphatic hydroxyl groups is 1. The molecule has 1 aromatic heterocycles. The van der Waals surface area contributed by atoms with Crippen LogP contribution in [0.5, 0.6) is 0 Å². The van der Waals surface area contributed by atoms with E-state index < -0.39 is 34.1 Å². The number of ether oxygens (including phenoxy) is 3. The van der Waals surface area contributed by atoms with E-state index in [9.17, 15) is 18.0 Å². The van der Waals surface area contributed by atoms with Crippen molar-refractivity contribution in [2.75, 3.05) is 30.9 Å². The maximum Gasteiger partial charge on any atom is 0.412 e. The molecule has 2 atom stereocenters. The van der Waals surface area contributed by atoms with Gasteiger partial charge in [-0.15, -0.1) is 0 Å². The third-order valence-corrected chi connectivity index (χ3v) is 5.64. The normalized spacial score (nSPS) is 19.1. The first-order chi connectivity index (χ1) is 13.9. The minimum absolute atomic E-state index is 0.0670. The summed E-state index contributed by atoms with van der Waals surface area (Å²) in [6.07, 6.45) is -1.15. The van der Waals surface area contributed by atoms with Gasteiger partial charge in [-0.05, 0) is 18.2 Å². The van der Waals surface area contributed by atoms with Crippen LogP contribution in [0.3, 0.4) is 0 Å². The molecule has 11 nitrogen and oxygen atoms in total. The Morgan fingerprint density at radius 2 is 2.07 bits per heavy atom. The molecule has 29 heavy (non-hydrogen) atoms. The Morgan fingerprint density at radius 3 is 2.72 bits per heavy atom. The molecular formula is C17H19N3O8S. The van der Waals surface area contributed by atoms with Gasteiger partial charge in [-0.2, -0.15) is 4.98 Å². The summed E-state index contributed by atoms with van der Waals surface area (Å²) in [7, 11) is -3.57. The molecule has 1 aliphatic heterocycles. The Kier molecular flexibility index (Phi) is 6.59. The second-order valence-corrected chi connectivity index (χ2v) is 8.04. The van der Waals surface area contributed by atoms with E-state index in [1.165, 1.54) is 24.4 Å². The van der Waals surface area contributed by atoms with Gasteiger partial charge in [0.15, 0.2) is 22.4 Å². The van der Waals surface area contributed by atoms with Gasteiger partial charge in [-0.3, -0.25) is 9.88 Å². The van der Waals surface area contributed by atoms with Crippen LogP contribution in [-0.4, -0.2) is 61.0 Å². The quantitative estimate of drug-likeness (QED) is 0.632. The van der Waals surface area contributed by atoms with Gasteiger partial charge < -0.3 is 19.3 Å². The number of aromatic nitrogens is 2. The molecule has 2 heterocycles. The summed E-state index contributed by atoms with van der Waals surface area (Å²) in [5.41, 5.74) is -0.707. The molecule has 0 aliphatic carbocycles. The van der Waals surface area contributed by atoms with Gasteiger partial charge in [0.05, 0.1) is 23.9 Å². The molecule has 0 radical (unpaired) electrons. The van der Waals surface area contributed by atoms with E-state index in [4.69, 9.17) is 19.3 Å². The summed E-state index contributed by atoms with van der Waals surface area (Å²) in [5.74, 6) is -0.454. The summed E-state index contributed by atoms with van der Waals surface area (Å²) in [4.78, 5) is 27.7. The van der Waals surface area contributed by atoms with Gasteiger partial charge in [0.25, 0.3) is 0 Å². The van der Waals surface area contributed by atoms with Crippen molar-refractivity contribution in [2.24, 2.45) is 0 Å². The van der Waals surface area contributed by atoms with E-state index in [1.807, 2.05) is 0 Å². The average molecular weight is 425 g/mol. The lowest BCUT2D eigenvalue weighted by molar-refractivity contribution is -0.0992. The van der Waals surface area contributed by atoms with Crippen molar-refractivity contribution >= 4 is 21.7 Å². The van der Waals surface area contributed by atoms with Crippen molar-refractivity contribution in [1.82, 2.24) is 9.55 Å². The highest BCUT2D eigenvalue weighted by Crippen LogP contribution is 2.19. The zero-order chi connectivity index (χ0) is 20.9. The zero-order valence-corrected chi connectivity index (χ0v) is 15.9. The second-order valence-electron chi connectivity index (χ2n) is 5.93. The number of aliphatic hydroxyl groups excluding tert-OH is 1. The highest BCUT2D eigenvalue weighted by Gasteiger charge is 2.27. The molecule has 2 aromatic rings. The predicted molar refractivity (Wildman–Crippen MR) is 98.9 cm³/mol. The van der Waals surface area contributed by atoms with E-state index in [1.54, 1.807) is 18.2 Å². The molecule has 2 N–H and O–H groups in total. The fourth-order valence-electron chi connectivity index (χ4n) is 2.52. The molecule has 1 aliphatic rings. The highest BCUT2D eigenvalue weighted by molar-refractivity contribution is 7.91. The van der Waals surface area contributed by atoms with Gasteiger partial charge in [0.1, 0.15) is 12.4 Å². The molecule has 0 bridgehead atoms. The number of sulfone groups is 1. The van der Waals surface area contributed by atoms with E-state index in [0.717, 1.165) is 4.57 Å². The van der Waals surface area contributed by atoms with Gasteiger partial charge in [-0.25, -0.2) is 18.0 Å². The van der Waals surface area contributed by atoms with Crippen LogP contribution in [0.2, 0.25) is 0 Å². The summed E-state index contributed by atoms with van der Waals surface area (Å²) < 4.78 is 40.7. The third kappa shape index (κ3) is 5.38. The minimum Gasteiger partial charge on any atom is -0.448 e. The lowest BCUT2D eigenvalue weighted by Crippen LogP contribution is -2.29. The summed E-state index contributed by atoms with van der Waals surface area (Å²) in [5, 5.41) is 11.2. The van der Waals surface area contributed by atoms with Crippen molar-refractivity contribution in [3.05, 3.63) is 53.1 Å². The number of nitrogens with one attached hydrogen (secondary N) is 1. The number of hydrogen-bond acceptors (Lipinski definition) is 9. The molecular weight excluding hydrogens is 406 g/mol. The Labute approximate surface area is 165 Å². The van der Waals surface area contributed by atoms with Gasteiger partial charge >= 0.3 is 11.8 Å². The van der Waals surface area contributed by atoms with Crippen LogP contribution in [0.1, 0.15) is 6.23 Å². The van der Waals surface area contributed by atoms with Crippen molar-refractivity contribution in [2.45, 2.75) is 17.4 Å². The topological polar surface area (TPSA) is 146 Å². The zero-order valence-electron chi connectivity index (χ0n) is 15.1. The summed E-state index contributed by atoms with van der Waals surface area (Å²) in [6.45, 7) is -0.641. The number of carbonyl (C=O) groups is 1. The van der Waals surface area contributed by atoms with Crippen molar-refractivity contribution in [3.63, 3.8) is 0 Å². The van der Waals surface area contributed by atoms with Crippen LogP contribution < -0.4 is 11.0 Å². The Bertz CT molecular complexity index is 1010. The minimum atomic E-state index is -3.57. The number of anilines is 1. The first-order valence-corrected chi connectivity index (χ1v) is 10.2. The van der Waals surface area contributed by atoms with E-state index >= 15 is 0 Å². The molecule has 1 fully saturated rings.